The third-order valence-corrected chi connectivity index (χ3v) is 3.65. The lowest BCUT2D eigenvalue weighted by atomic mass is 10.2. The van der Waals surface area contributed by atoms with Crippen molar-refractivity contribution >= 4 is 33.9 Å². The molecule has 0 bridgehead atoms. The van der Waals surface area contributed by atoms with Crippen molar-refractivity contribution in [1.29, 1.82) is 0 Å². The summed E-state index contributed by atoms with van der Waals surface area (Å²) < 4.78 is 5.66. The van der Waals surface area contributed by atoms with E-state index in [9.17, 15) is 0 Å². The van der Waals surface area contributed by atoms with Crippen molar-refractivity contribution in [2.24, 2.45) is 10.7 Å². The molecule has 104 valence electrons. The summed E-state index contributed by atoms with van der Waals surface area (Å²) >= 11 is 1.59. The maximum Gasteiger partial charge on any atom is 0.158 e. The molecule has 0 fully saturated rings. The molecule has 0 aromatic heterocycles. The third-order valence-electron chi connectivity index (χ3n) is 2.74. The van der Waals surface area contributed by atoms with Crippen LogP contribution in [0, 0.1) is 6.92 Å². The highest BCUT2D eigenvalue weighted by Crippen LogP contribution is 2.16. The molecule has 1 aromatic carbocycles. The fourth-order valence-electron chi connectivity index (χ4n) is 1.61. The van der Waals surface area contributed by atoms with Gasteiger partial charge >= 0.3 is 0 Å². The minimum Gasteiger partial charge on any atom is -0.378 e. The molecule has 3 nitrogen and oxygen atoms in total. The number of benzene rings is 1. The summed E-state index contributed by atoms with van der Waals surface area (Å²) in [5.41, 5.74) is 9.36. The first-order valence-corrected chi connectivity index (χ1v) is 7.00. The molecule has 0 atom stereocenters. The number of hydrogen-bond acceptors (Lipinski definition) is 4. The number of ether oxygens (including phenoxy) is 1. The van der Waals surface area contributed by atoms with Crippen LogP contribution >= 0.6 is 28.7 Å². The Balaban J connectivity index is 0.00000180. The van der Waals surface area contributed by atoms with Crippen molar-refractivity contribution in [2.45, 2.75) is 20.0 Å². The molecule has 0 spiro atoms. The number of thioether (sulfide) groups is 1. The van der Waals surface area contributed by atoms with Gasteiger partial charge in [-0.05, 0) is 24.5 Å². The summed E-state index contributed by atoms with van der Waals surface area (Å²) in [7, 11) is 0. The van der Waals surface area contributed by atoms with E-state index >= 15 is 0 Å². The lowest BCUT2D eigenvalue weighted by molar-refractivity contribution is 0.124. The average molecular weight is 343 g/mol. The van der Waals surface area contributed by atoms with E-state index in [1.165, 1.54) is 16.7 Å². The first-order chi connectivity index (χ1) is 8.74. The molecular weight excluding hydrogens is 324 g/mol. The maximum atomic E-state index is 5.66. The molecule has 2 rings (SSSR count). The molecule has 1 aliphatic heterocycles. The standard InChI is InChI=1S/C14H18N2OS.BrH/c1-11-2-4-12(5-3-11)9-17-7-6-13-8-16-14(15)18-10-13;/h2-5,8H,6-7,9-10H2,1H3,(H2,15,16);1H. The number of nitrogens with two attached hydrogens (primary N) is 1. The van der Waals surface area contributed by atoms with E-state index in [0.29, 0.717) is 11.8 Å². The number of nitrogens with zero attached hydrogens (tertiary/aromatic N) is 1. The minimum atomic E-state index is 0. The minimum absolute atomic E-state index is 0. The van der Waals surface area contributed by atoms with Crippen LogP contribution in [0.5, 0.6) is 0 Å². The molecule has 1 aromatic rings. The van der Waals surface area contributed by atoms with Gasteiger partial charge in [0.15, 0.2) is 5.17 Å². The lowest BCUT2D eigenvalue weighted by Crippen LogP contribution is -2.11. The zero-order valence-corrected chi connectivity index (χ0v) is 13.5. The highest BCUT2D eigenvalue weighted by Gasteiger charge is 2.05. The Bertz CT molecular complexity index is 457. The fraction of sp³-hybridized carbons (Fsp3) is 0.357. The number of aryl methyl sites for hydroxylation is 1. The summed E-state index contributed by atoms with van der Waals surface area (Å²) in [5.74, 6) is 0.934. The van der Waals surface area contributed by atoms with E-state index in [1.807, 2.05) is 6.20 Å². The van der Waals surface area contributed by atoms with E-state index in [-0.39, 0.29) is 17.0 Å². The van der Waals surface area contributed by atoms with Gasteiger partial charge in [-0.2, -0.15) is 0 Å². The monoisotopic (exact) mass is 342 g/mol. The SMILES string of the molecule is Br.Cc1ccc(COCCC2=CN=C(N)SC2)cc1. The van der Waals surface area contributed by atoms with Crippen LogP contribution in [0.15, 0.2) is 41.0 Å². The van der Waals surface area contributed by atoms with Gasteiger partial charge in [0.05, 0.1) is 13.2 Å². The third kappa shape index (κ3) is 5.80. The topological polar surface area (TPSA) is 47.6 Å². The van der Waals surface area contributed by atoms with Gasteiger partial charge < -0.3 is 10.5 Å². The molecule has 1 heterocycles. The molecule has 0 amide bonds. The number of hydrogen-bond donors (Lipinski definition) is 1. The molecule has 0 unspecified atom stereocenters. The van der Waals surface area contributed by atoms with Crippen LogP contribution in [-0.2, 0) is 11.3 Å². The summed E-state index contributed by atoms with van der Waals surface area (Å²) in [4.78, 5) is 4.10. The Labute approximate surface area is 129 Å². The molecule has 19 heavy (non-hydrogen) atoms. The van der Waals surface area contributed by atoms with Crippen molar-refractivity contribution < 1.29 is 4.74 Å². The van der Waals surface area contributed by atoms with E-state index in [2.05, 4.69) is 36.2 Å². The number of halogens is 1. The van der Waals surface area contributed by atoms with E-state index in [1.54, 1.807) is 11.8 Å². The molecule has 2 N–H and O–H groups in total. The Morgan fingerprint density at radius 3 is 2.68 bits per heavy atom. The summed E-state index contributed by atoms with van der Waals surface area (Å²) in [6.45, 7) is 3.49. The molecule has 0 saturated heterocycles. The second kappa shape index (κ2) is 8.40. The van der Waals surface area contributed by atoms with Crippen LogP contribution in [-0.4, -0.2) is 17.5 Å². The summed E-state index contributed by atoms with van der Waals surface area (Å²) in [6, 6.07) is 8.43. The van der Waals surface area contributed by atoms with Crippen LogP contribution in [0.4, 0.5) is 0 Å². The second-order valence-electron chi connectivity index (χ2n) is 4.33. The van der Waals surface area contributed by atoms with Crippen LogP contribution in [0.1, 0.15) is 17.5 Å². The molecule has 5 heteroatoms. The highest BCUT2D eigenvalue weighted by atomic mass is 79.9. The highest BCUT2D eigenvalue weighted by molar-refractivity contribution is 8.93. The van der Waals surface area contributed by atoms with E-state index in [0.717, 1.165) is 18.8 Å². The zero-order chi connectivity index (χ0) is 12.8. The number of amidine groups is 1. The first kappa shape index (κ1) is 16.3. The van der Waals surface area contributed by atoms with Crippen molar-refractivity contribution in [3.63, 3.8) is 0 Å². The summed E-state index contributed by atoms with van der Waals surface area (Å²) in [6.07, 6.45) is 2.79. The first-order valence-electron chi connectivity index (χ1n) is 6.01. The van der Waals surface area contributed by atoms with Crippen LogP contribution in [0.2, 0.25) is 0 Å². The Morgan fingerprint density at radius 1 is 1.32 bits per heavy atom. The second-order valence-corrected chi connectivity index (χ2v) is 5.33. The van der Waals surface area contributed by atoms with Gasteiger partial charge in [-0.25, -0.2) is 4.99 Å². The fourth-order valence-corrected chi connectivity index (χ4v) is 2.29. The zero-order valence-electron chi connectivity index (χ0n) is 11.0. The molecular formula is C14H19BrN2OS. The van der Waals surface area contributed by atoms with Gasteiger partial charge in [-0.1, -0.05) is 41.6 Å². The maximum absolute atomic E-state index is 5.66. The summed E-state index contributed by atoms with van der Waals surface area (Å²) in [5, 5.41) is 0.652. The smallest absolute Gasteiger partial charge is 0.158 e. The van der Waals surface area contributed by atoms with Crippen molar-refractivity contribution in [1.82, 2.24) is 0 Å². The predicted molar refractivity (Wildman–Crippen MR) is 87.9 cm³/mol. The van der Waals surface area contributed by atoms with Gasteiger partial charge in [-0.3, -0.25) is 0 Å². The molecule has 0 radical (unpaired) electrons. The predicted octanol–water partition coefficient (Wildman–Crippen LogP) is 3.43. The Kier molecular flexibility index (Phi) is 7.20. The molecule has 1 aliphatic rings. The van der Waals surface area contributed by atoms with Crippen molar-refractivity contribution in [3.05, 3.63) is 47.2 Å². The van der Waals surface area contributed by atoms with Gasteiger partial charge in [-0.15, -0.1) is 17.0 Å². The van der Waals surface area contributed by atoms with Gasteiger partial charge in [0.25, 0.3) is 0 Å². The number of rotatable bonds is 5. The van der Waals surface area contributed by atoms with Gasteiger partial charge in [0, 0.05) is 12.0 Å². The van der Waals surface area contributed by atoms with Crippen LogP contribution in [0.25, 0.3) is 0 Å². The van der Waals surface area contributed by atoms with E-state index < -0.39 is 0 Å². The van der Waals surface area contributed by atoms with E-state index in [4.69, 9.17) is 10.5 Å². The van der Waals surface area contributed by atoms with Gasteiger partial charge in [0.2, 0.25) is 0 Å². The quantitative estimate of drug-likeness (QED) is 0.834. The number of aliphatic imine (C=N–C) groups is 1. The Morgan fingerprint density at radius 2 is 2.05 bits per heavy atom. The van der Waals surface area contributed by atoms with Crippen LogP contribution < -0.4 is 5.73 Å². The van der Waals surface area contributed by atoms with Gasteiger partial charge in [0.1, 0.15) is 0 Å². The average Bonchev–Trinajstić information content (AvgIpc) is 2.39. The molecule has 0 aliphatic carbocycles. The molecule has 0 saturated carbocycles. The van der Waals surface area contributed by atoms with Crippen molar-refractivity contribution in [3.8, 4) is 0 Å². The van der Waals surface area contributed by atoms with Crippen molar-refractivity contribution in [2.75, 3.05) is 12.4 Å². The largest absolute Gasteiger partial charge is 0.378 e. The van der Waals surface area contributed by atoms with Crippen LogP contribution in [0.3, 0.4) is 0 Å². The Hall–Kier alpha value is -0.780. The lowest BCUT2D eigenvalue weighted by Gasteiger charge is -2.10. The normalized spacial score (nSPS) is 14.4.